The van der Waals surface area contributed by atoms with Gasteiger partial charge in [0.1, 0.15) is 0 Å². The van der Waals surface area contributed by atoms with Gasteiger partial charge in [0, 0.05) is 4.88 Å². The Morgan fingerprint density at radius 2 is 2.30 bits per heavy atom. The average molecular weight is 321 g/mol. The van der Waals surface area contributed by atoms with Crippen molar-refractivity contribution in [1.82, 2.24) is 15.2 Å². The highest BCUT2D eigenvalue weighted by atomic mass is 32.2. The maximum atomic E-state index is 12.0. The Balaban J connectivity index is 1.63. The predicted octanol–water partition coefficient (Wildman–Crippen LogP) is 3.88. The predicted molar refractivity (Wildman–Crippen MR) is 83.8 cm³/mol. The second-order valence-corrected chi connectivity index (χ2v) is 7.24. The maximum Gasteiger partial charge on any atom is 0.209 e. The van der Waals surface area contributed by atoms with E-state index in [9.17, 15) is 4.79 Å². The van der Waals surface area contributed by atoms with Crippen LogP contribution in [-0.2, 0) is 0 Å². The number of Topliss-reactive ketones (excluding diaryl/α,β-unsaturated/α-hetero) is 1. The lowest BCUT2D eigenvalue weighted by Crippen LogP contribution is -1.99. The summed E-state index contributed by atoms with van der Waals surface area (Å²) < 4.78 is 0. The Morgan fingerprint density at radius 3 is 3.00 bits per heavy atom. The van der Waals surface area contributed by atoms with Gasteiger partial charge >= 0.3 is 0 Å². The molecule has 0 saturated carbocycles. The molecule has 3 rings (SSSR count). The van der Waals surface area contributed by atoms with Gasteiger partial charge in [-0.2, -0.15) is 0 Å². The molecular formula is C13H11N3OS3. The second-order valence-electron chi connectivity index (χ2n) is 4.07. The van der Waals surface area contributed by atoms with Crippen LogP contribution in [0, 0.1) is 6.92 Å². The van der Waals surface area contributed by atoms with Gasteiger partial charge in [-0.05, 0) is 30.5 Å². The molecule has 4 nitrogen and oxygen atoms in total. The molecule has 3 aromatic heterocycles. The molecule has 1 N–H and O–H groups in total. The summed E-state index contributed by atoms with van der Waals surface area (Å²) in [5.41, 5.74) is 0. The van der Waals surface area contributed by atoms with Crippen molar-refractivity contribution in [2.24, 2.45) is 0 Å². The third kappa shape index (κ3) is 3.00. The van der Waals surface area contributed by atoms with Crippen molar-refractivity contribution < 1.29 is 4.79 Å². The minimum Gasteiger partial charge on any atom is -0.292 e. The number of thioether (sulfide) groups is 1. The first-order valence-electron chi connectivity index (χ1n) is 5.91. The number of aromatic nitrogens is 3. The first kappa shape index (κ1) is 13.5. The van der Waals surface area contributed by atoms with Crippen LogP contribution in [0.1, 0.15) is 14.5 Å². The zero-order chi connectivity index (χ0) is 13.9. The molecule has 0 bridgehead atoms. The third-order valence-corrected chi connectivity index (χ3v) is 5.33. The van der Waals surface area contributed by atoms with E-state index in [4.69, 9.17) is 0 Å². The molecule has 0 aliphatic heterocycles. The monoisotopic (exact) mass is 321 g/mol. The van der Waals surface area contributed by atoms with Crippen molar-refractivity contribution in [2.75, 3.05) is 5.75 Å². The van der Waals surface area contributed by atoms with E-state index < -0.39 is 0 Å². The second kappa shape index (κ2) is 5.90. The van der Waals surface area contributed by atoms with E-state index in [1.807, 2.05) is 36.6 Å². The number of nitrogens with zero attached hydrogens (tertiary/aromatic N) is 2. The maximum absolute atomic E-state index is 12.0. The SMILES string of the molecule is Cc1ccc(C(=O)CSc2n[nH]c(-c3cccs3)n2)s1. The summed E-state index contributed by atoms with van der Waals surface area (Å²) in [6.07, 6.45) is 0. The lowest BCUT2D eigenvalue weighted by Gasteiger charge is -1.94. The highest BCUT2D eigenvalue weighted by Gasteiger charge is 2.12. The van der Waals surface area contributed by atoms with Crippen molar-refractivity contribution in [3.05, 3.63) is 39.4 Å². The molecule has 102 valence electrons. The number of carbonyl (C=O) groups is 1. The number of hydrogen-bond acceptors (Lipinski definition) is 6. The van der Waals surface area contributed by atoms with E-state index in [2.05, 4.69) is 15.2 Å². The molecule has 3 aromatic rings. The first-order chi connectivity index (χ1) is 9.72. The topological polar surface area (TPSA) is 58.6 Å². The molecule has 0 spiro atoms. The van der Waals surface area contributed by atoms with E-state index >= 15 is 0 Å². The highest BCUT2D eigenvalue weighted by molar-refractivity contribution is 7.99. The van der Waals surface area contributed by atoms with Crippen molar-refractivity contribution in [3.63, 3.8) is 0 Å². The number of aromatic amines is 1. The van der Waals surface area contributed by atoms with Crippen LogP contribution in [0.15, 0.2) is 34.8 Å². The number of ketones is 1. The normalized spacial score (nSPS) is 10.8. The van der Waals surface area contributed by atoms with E-state index in [-0.39, 0.29) is 5.78 Å². The number of hydrogen-bond donors (Lipinski definition) is 1. The third-order valence-electron chi connectivity index (χ3n) is 2.57. The van der Waals surface area contributed by atoms with Crippen LogP contribution in [0.5, 0.6) is 0 Å². The summed E-state index contributed by atoms with van der Waals surface area (Å²) in [6.45, 7) is 2.00. The van der Waals surface area contributed by atoms with Gasteiger partial charge in [-0.3, -0.25) is 9.89 Å². The van der Waals surface area contributed by atoms with Crippen molar-refractivity contribution >= 4 is 40.2 Å². The summed E-state index contributed by atoms with van der Waals surface area (Å²) in [7, 11) is 0. The average Bonchev–Trinajstić information content (AvgIpc) is 3.16. The van der Waals surface area contributed by atoms with Crippen LogP contribution >= 0.6 is 34.4 Å². The lowest BCUT2D eigenvalue weighted by atomic mass is 10.3. The van der Waals surface area contributed by atoms with Gasteiger partial charge in [0.2, 0.25) is 5.16 Å². The van der Waals surface area contributed by atoms with Gasteiger partial charge in [-0.25, -0.2) is 4.98 Å². The van der Waals surface area contributed by atoms with Crippen LogP contribution in [0.2, 0.25) is 0 Å². The zero-order valence-electron chi connectivity index (χ0n) is 10.6. The Kier molecular flexibility index (Phi) is 4.00. The van der Waals surface area contributed by atoms with E-state index in [1.165, 1.54) is 23.1 Å². The fourth-order valence-corrected chi connectivity index (χ4v) is 3.86. The van der Waals surface area contributed by atoms with Crippen molar-refractivity contribution in [1.29, 1.82) is 0 Å². The minimum atomic E-state index is 0.121. The van der Waals surface area contributed by atoms with Gasteiger partial charge in [0.05, 0.1) is 15.5 Å². The molecule has 0 aliphatic rings. The van der Waals surface area contributed by atoms with E-state index in [1.54, 1.807) is 11.3 Å². The molecule has 0 unspecified atom stereocenters. The number of aryl methyl sites for hydroxylation is 1. The summed E-state index contributed by atoms with van der Waals surface area (Å²) >= 11 is 4.49. The van der Waals surface area contributed by atoms with Crippen molar-refractivity contribution in [2.45, 2.75) is 12.1 Å². The molecule has 0 aliphatic carbocycles. The zero-order valence-corrected chi connectivity index (χ0v) is 13.1. The van der Waals surface area contributed by atoms with Gasteiger partial charge in [-0.1, -0.05) is 17.8 Å². The molecule has 0 atom stereocenters. The molecule has 0 radical (unpaired) electrons. The highest BCUT2D eigenvalue weighted by Crippen LogP contribution is 2.24. The Bertz CT molecular complexity index is 715. The number of carbonyl (C=O) groups excluding carboxylic acids is 1. The van der Waals surface area contributed by atoms with E-state index in [0.29, 0.717) is 10.9 Å². The van der Waals surface area contributed by atoms with Gasteiger partial charge in [0.15, 0.2) is 11.6 Å². The molecule has 0 aromatic carbocycles. The molecule has 3 heterocycles. The number of thiophene rings is 2. The van der Waals surface area contributed by atoms with Crippen LogP contribution in [-0.4, -0.2) is 26.7 Å². The van der Waals surface area contributed by atoms with Crippen LogP contribution < -0.4 is 0 Å². The lowest BCUT2D eigenvalue weighted by molar-refractivity contribution is 0.102. The summed E-state index contributed by atoms with van der Waals surface area (Å²) in [4.78, 5) is 19.4. The molecule has 0 saturated heterocycles. The minimum absolute atomic E-state index is 0.121. The number of H-pyrrole nitrogens is 1. The van der Waals surface area contributed by atoms with Crippen LogP contribution in [0.25, 0.3) is 10.7 Å². The van der Waals surface area contributed by atoms with Crippen molar-refractivity contribution in [3.8, 4) is 10.7 Å². The van der Waals surface area contributed by atoms with Gasteiger partial charge in [-0.15, -0.1) is 27.8 Å². The fourth-order valence-electron chi connectivity index (χ4n) is 1.62. The molecule has 0 amide bonds. The molecular weight excluding hydrogens is 310 g/mol. The molecule has 0 fully saturated rings. The quantitative estimate of drug-likeness (QED) is 0.572. The van der Waals surface area contributed by atoms with Crippen LogP contribution in [0.4, 0.5) is 0 Å². The van der Waals surface area contributed by atoms with Gasteiger partial charge in [0.25, 0.3) is 0 Å². The fraction of sp³-hybridized carbons (Fsp3) is 0.154. The Hall–Kier alpha value is -1.44. The smallest absolute Gasteiger partial charge is 0.209 e. The Labute approximate surface area is 128 Å². The van der Waals surface area contributed by atoms with E-state index in [0.717, 1.165) is 20.5 Å². The van der Waals surface area contributed by atoms with Gasteiger partial charge < -0.3 is 0 Å². The number of nitrogens with one attached hydrogen (secondary N) is 1. The molecule has 7 heteroatoms. The first-order valence-corrected chi connectivity index (χ1v) is 8.59. The standard InChI is InChI=1S/C13H11N3OS3/c1-8-4-5-10(20-8)9(17)7-19-13-14-12(15-16-13)11-3-2-6-18-11/h2-6H,7H2,1H3,(H,14,15,16). The summed E-state index contributed by atoms with van der Waals surface area (Å²) in [5, 5.41) is 9.62. The summed E-state index contributed by atoms with van der Waals surface area (Å²) in [5.74, 6) is 1.24. The Morgan fingerprint density at radius 1 is 1.40 bits per heavy atom. The summed E-state index contributed by atoms with van der Waals surface area (Å²) in [6, 6.07) is 7.79. The number of rotatable bonds is 5. The largest absolute Gasteiger partial charge is 0.292 e. The van der Waals surface area contributed by atoms with Crippen LogP contribution in [0.3, 0.4) is 0 Å². The molecule has 20 heavy (non-hydrogen) atoms.